The van der Waals surface area contributed by atoms with Crippen LogP contribution in [0, 0.1) is 0 Å². The summed E-state index contributed by atoms with van der Waals surface area (Å²) in [6.45, 7) is 8.92. The summed E-state index contributed by atoms with van der Waals surface area (Å²) < 4.78 is 31.1. The van der Waals surface area contributed by atoms with Gasteiger partial charge in [0.1, 0.15) is 6.61 Å². The molecular weight excluding hydrogens is 264 g/mol. The van der Waals surface area contributed by atoms with Gasteiger partial charge >= 0.3 is 0 Å². The van der Waals surface area contributed by atoms with Gasteiger partial charge in [0.2, 0.25) is 0 Å². The normalized spacial score (nSPS) is 16.6. The van der Waals surface area contributed by atoms with Crippen LogP contribution < -0.4 is 10.6 Å². The maximum atomic E-state index is 13.0. The van der Waals surface area contributed by atoms with Crippen LogP contribution in [0.25, 0.3) is 0 Å². The molecule has 1 rings (SSSR count). The molecule has 1 fully saturated rings. The van der Waals surface area contributed by atoms with E-state index in [0.29, 0.717) is 6.61 Å². The summed E-state index contributed by atoms with van der Waals surface area (Å²) in [5, 5.41) is 5.76. The molecule has 20 heavy (non-hydrogen) atoms. The molecule has 6 heteroatoms. The SMILES string of the molecule is CC.CNCC(F)(F)COCCCCN1CCNCC1. The third kappa shape index (κ3) is 10.5. The Balaban J connectivity index is 0.00000172. The monoisotopic (exact) mass is 295 g/mol. The van der Waals surface area contributed by atoms with Crippen LogP contribution in [0.15, 0.2) is 0 Å². The van der Waals surface area contributed by atoms with E-state index in [1.807, 2.05) is 13.8 Å². The minimum absolute atomic E-state index is 0.326. The van der Waals surface area contributed by atoms with Gasteiger partial charge in [-0.1, -0.05) is 13.8 Å². The molecule has 0 aromatic heterocycles. The van der Waals surface area contributed by atoms with Gasteiger partial charge in [-0.15, -0.1) is 0 Å². The number of nitrogens with one attached hydrogen (secondary N) is 2. The molecule has 1 aliphatic heterocycles. The molecule has 0 aromatic rings. The van der Waals surface area contributed by atoms with Gasteiger partial charge in [-0.3, -0.25) is 0 Å². The molecule has 1 aliphatic rings. The molecule has 1 heterocycles. The lowest BCUT2D eigenvalue weighted by atomic mass is 10.2. The number of nitrogens with zero attached hydrogens (tertiary/aromatic N) is 1. The number of alkyl halides is 2. The fourth-order valence-electron chi connectivity index (χ4n) is 2.01. The van der Waals surface area contributed by atoms with Crippen LogP contribution in [0.3, 0.4) is 0 Å². The summed E-state index contributed by atoms with van der Waals surface area (Å²) in [6.07, 6.45) is 1.86. The quantitative estimate of drug-likeness (QED) is 0.633. The first-order valence-corrected chi connectivity index (χ1v) is 7.67. The van der Waals surface area contributed by atoms with Crippen molar-refractivity contribution in [3.05, 3.63) is 0 Å². The molecule has 0 bridgehead atoms. The van der Waals surface area contributed by atoms with E-state index in [1.165, 1.54) is 7.05 Å². The van der Waals surface area contributed by atoms with E-state index in [1.54, 1.807) is 0 Å². The molecule has 0 saturated carbocycles. The Hall–Kier alpha value is -0.300. The van der Waals surface area contributed by atoms with E-state index in [2.05, 4.69) is 15.5 Å². The highest BCUT2D eigenvalue weighted by Crippen LogP contribution is 2.12. The first kappa shape index (κ1) is 19.7. The van der Waals surface area contributed by atoms with E-state index >= 15 is 0 Å². The lowest BCUT2D eigenvalue weighted by molar-refractivity contribution is -0.0742. The number of unbranched alkanes of at least 4 members (excludes halogenated alkanes) is 1. The van der Waals surface area contributed by atoms with Crippen LogP contribution in [0.2, 0.25) is 0 Å². The van der Waals surface area contributed by atoms with Gasteiger partial charge in [-0.25, -0.2) is 8.78 Å². The molecule has 0 aliphatic carbocycles. The van der Waals surface area contributed by atoms with Gasteiger partial charge in [-0.2, -0.15) is 0 Å². The zero-order valence-corrected chi connectivity index (χ0v) is 13.2. The lowest BCUT2D eigenvalue weighted by Crippen LogP contribution is -2.43. The molecule has 0 aromatic carbocycles. The standard InChI is InChI=1S/C12H25F2N3O.C2H6/c1-15-10-12(13,14)11-18-9-3-2-6-17-7-4-16-5-8-17;1-2/h15-16H,2-11H2,1H3;1-2H3. The van der Waals surface area contributed by atoms with Crippen LogP contribution in [0.4, 0.5) is 8.78 Å². The van der Waals surface area contributed by atoms with E-state index in [9.17, 15) is 8.78 Å². The van der Waals surface area contributed by atoms with Gasteiger partial charge in [0.15, 0.2) is 0 Å². The minimum atomic E-state index is -2.76. The fourth-order valence-corrected chi connectivity index (χ4v) is 2.01. The van der Waals surface area contributed by atoms with Crippen molar-refractivity contribution in [2.24, 2.45) is 0 Å². The van der Waals surface area contributed by atoms with Crippen LogP contribution in [0.5, 0.6) is 0 Å². The molecule has 0 unspecified atom stereocenters. The van der Waals surface area contributed by atoms with Gasteiger partial charge < -0.3 is 20.3 Å². The summed E-state index contributed by atoms with van der Waals surface area (Å²) in [7, 11) is 1.52. The number of hydrogen-bond acceptors (Lipinski definition) is 4. The van der Waals surface area contributed by atoms with Crippen molar-refractivity contribution in [3.63, 3.8) is 0 Å². The molecular formula is C14H31F2N3O. The molecule has 0 atom stereocenters. The van der Waals surface area contributed by atoms with Crippen molar-refractivity contribution in [3.8, 4) is 0 Å². The second-order valence-corrected chi connectivity index (χ2v) is 4.74. The predicted molar refractivity (Wildman–Crippen MR) is 79.6 cm³/mol. The van der Waals surface area contributed by atoms with Crippen LogP contribution >= 0.6 is 0 Å². The topological polar surface area (TPSA) is 36.5 Å². The number of hydrogen-bond donors (Lipinski definition) is 2. The summed E-state index contributed by atoms with van der Waals surface area (Å²) >= 11 is 0. The highest BCUT2D eigenvalue weighted by molar-refractivity contribution is 4.68. The summed E-state index contributed by atoms with van der Waals surface area (Å²) in [5.41, 5.74) is 0. The zero-order chi connectivity index (χ0) is 15.3. The predicted octanol–water partition coefficient (Wildman–Crippen LogP) is 1.57. The second kappa shape index (κ2) is 12.4. The average molecular weight is 295 g/mol. The first-order chi connectivity index (χ1) is 9.64. The zero-order valence-electron chi connectivity index (χ0n) is 13.2. The number of piperazine rings is 1. The summed E-state index contributed by atoms with van der Waals surface area (Å²) in [5.74, 6) is -2.76. The van der Waals surface area contributed by atoms with E-state index in [-0.39, 0.29) is 6.54 Å². The van der Waals surface area contributed by atoms with Crippen LogP contribution in [0.1, 0.15) is 26.7 Å². The van der Waals surface area contributed by atoms with Crippen molar-refractivity contribution >= 4 is 0 Å². The Morgan fingerprint density at radius 2 is 1.85 bits per heavy atom. The Labute approximate surface area is 122 Å². The Bertz CT molecular complexity index is 213. The number of halogens is 2. The van der Waals surface area contributed by atoms with Gasteiger partial charge in [0.25, 0.3) is 5.92 Å². The Morgan fingerprint density at radius 3 is 2.45 bits per heavy atom. The van der Waals surface area contributed by atoms with Crippen molar-refractivity contribution in [1.29, 1.82) is 0 Å². The summed E-state index contributed by atoms with van der Waals surface area (Å²) in [6, 6.07) is 0. The molecule has 2 N–H and O–H groups in total. The first-order valence-electron chi connectivity index (χ1n) is 7.67. The number of ether oxygens (including phenoxy) is 1. The molecule has 0 amide bonds. The van der Waals surface area contributed by atoms with Crippen molar-refractivity contribution in [1.82, 2.24) is 15.5 Å². The Morgan fingerprint density at radius 1 is 1.20 bits per heavy atom. The maximum absolute atomic E-state index is 13.0. The molecule has 0 radical (unpaired) electrons. The molecule has 4 nitrogen and oxygen atoms in total. The van der Waals surface area contributed by atoms with E-state index in [0.717, 1.165) is 45.6 Å². The second-order valence-electron chi connectivity index (χ2n) is 4.74. The maximum Gasteiger partial charge on any atom is 0.283 e. The highest BCUT2D eigenvalue weighted by Gasteiger charge is 2.27. The average Bonchev–Trinajstić information content (AvgIpc) is 2.46. The molecule has 0 spiro atoms. The van der Waals surface area contributed by atoms with Crippen molar-refractivity contribution < 1.29 is 13.5 Å². The van der Waals surface area contributed by atoms with E-state index in [4.69, 9.17) is 4.74 Å². The largest absolute Gasteiger partial charge is 0.375 e. The lowest BCUT2D eigenvalue weighted by Gasteiger charge is -2.27. The summed E-state index contributed by atoms with van der Waals surface area (Å²) in [4.78, 5) is 2.39. The Kier molecular flexibility index (Phi) is 12.3. The van der Waals surface area contributed by atoms with Gasteiger partial charge in [0.05, 0.1) is 6.54 Å². The smallest absolute Gasteiger partial charge is 0.283 e. The van der Waals surface area contributed by atoms with Gasteiger partial charge in [0, 0.05) is 32.8 Å². The highest BCUT2D eigenvalue weighted by atomic mass is 19.3. The van der Waals surface area contributed by atoms with Gasteiger partial charge in [-0.05, 0) is 26.4 Å². The molecule has 1 saturated heterocycles. The van der Waals surface area contributed by atoms with E-state index < -0.39 is 12.5 Å². The minimum Gasteiger partial charge on any atom is -0.375 e. The van der Waals surface area contributed by atoms with Crippen molar-refractivity contribution in [2.45, 2.75) is 32.6 Å². The third-order valence-electron chi connectivity index (χ3n) is 2.97. The van der Waals surface area contributed by atoms with Crippen LogP contribution in [-0.4, -0.2) is 70.4 Å². The van der Waals surface area contributed by atoms with Crippen molar-refractivity contribution in [2.75, 3.05) is 59.5 Å². The number of rotatable bonds is 9. The fraction of sp³-hybridized carbons (Fsp3) is 1.00. The third-order valence-corrected chi connectivity index (χ3v) is 2.97. The van der Waals surface area contributed by atoms with Crippen LogP contribution in [-0.2, 0) is 4.74 Å². The molecule has 122 valence electrons.